The molecule has 5 atom stereocenters. The number of hydrogen-bond acceptors (Lipinski definition) is 5. The molecule has 3 fully saturated rings. The van der Waals surface area contributed by atoms with Crippen LogP contribution in [0.4, 0.5) is 0 Å². The Morgan fingerprint density at radius 3 is 2.75 bits per heavy atom. The van der Waals surface area contributed by atoms with Gasteiger partial charge in [-0.25, -0.2) is 0 Å². The van der Waals surface area contributed by atoms with E-state index in [2.05, 4.69) is 56.4 Å². The zero-order valence-electron chi connectivity index (χ0n) is 20.6. The summed E-state index contributed by atoms with van der Waals surface area (Å²) in [6.07, 6.45) is 3.85. The maximum absolute atomic E-state index is 12.7. The summed E-state index contributed by atoms with van der Waals surface area (Å²) in [7, 11) is 7.53. The lowest BCUT2D eigenvalue weighted by molar-refractivity contribution is -0.137. The highest BCUT2D eigenvalue weighted by atomic mass is 16.5. The van der Waals surface area contributed by atoms with Crippen LogP contribution in [0.3, 0.4) is 0 Å². The van der Waals surface area contributed by atoms with Crippen LogP contribution in [-0.4, -0.2) is 58.4 Å². The van der Waals surface area contributed by atoms with Crippen LogP contribution < -0.4 is 10.1 Å². The Morgan fingerprint density at radius 2 is 2.06 bits per heavy atom. The number of hydrogen-bond donors (Lipinski definition) is 1. The van der Waals surface area contributed by atoms with Crippen LogP contribution in [0.15, 0.2) is 18.2 Å². The van der Waals surface area contributed by atoms with Crippen molar-refractivity contribution < 1.29 is 19.0 Å². The summed E-state index contributed by atoms with van der Waals surface area (Å²) in [5.74, 6) is 2.04. The van der Waals surface area contributed by atoms with Crippen LogP contribution in [0.1, 0.15) is 56.8 Å². The van der Waals surface area contributed by atoms with Crippen molar-refractivity contribution in [1.82, 2.24) is 10.2 Å². The summed E-state index contributed by atoms with van der Waals surface area (Å²) in [4.78, 5) is 14.9. The lowest BCUT2D eigenvalue weighted by Crippen LogP contribution is -2.59. The molecule has 2 bridgehead atoms. The van der Waals surface area contributed by atoms with Gasteiger partial charge in [0.15, 0.2) is 0 Å². The Kier molecular flexibility index (Phi) is 6.59. The number of rotatable bonds is 8. The average Bonchev–Trinajstić information content (AvgIpc) is 3.24. The molecule has 1 aromatic rings. The largest absolute Gasteiger partial charge is 0.496 e. The number of nitrogens with zero attached hydrogens (tertiary/aromatic N) is 1. The predicted octanol–water partition coefficient (Wildman–Crippen LogP) is 3.79. The van der Waals surface area contributed by atoms with Crippen LogP contribution in [0.2, 0.25) is 0 Å². The SMILES string of the molecule is COCCC(=O)N[C@@H]1C(C)(C)[C@@H]2C[C@@H]3[C@@H](c4ccc(OC)c(CN(C)C)c4)OCC[C@@]31C2. The molecule has 2 saturated carbocycles. The molecule has 1 heterocycles. The zero-order chi connectivity index (χ0) is 23.1. The van der Waals surface area contributed by atoms with Gasteiger partial charge in [-0.15, -0.1) is 0 Å². The molecule has 1 saturated heterocycles. The van der Waals surface area contributed by atoms with Gasteiger partial charge in [0.2, 0.25) is 5.91 Å². The van der Waals surface area contributed by atoms with Gasteiger partial charge in [-0.1, -0.05) is 19.9 Å². The number of carbonyl (C=O) groups excluding carboxylic acids is 1. The van der Waals surface area contributed by atoms with Gasteiger partial charge < -0.3 is 24.4 Å². The summed E-state index contributed by atoms with van der Waals surface area (Å²) in [6, 6.07) is 6.70. The minimum Gasteiger partial charge on any atom is -0.496 e. The van der Waals surface area contributed by atoms with Crippen LogP contribution in [-0.2, 0) is 20.8 Å². The number of methoxy groups -OCH3 is 2. The lowest BCUT2D eigenvalue weighted by atomic mass is 9.58. The fraction of sp³-hybridized carbons (Fsp3) is 0.731. The second-order valence-electron chi connectivity index (χ2n) is 10.9. The van der Waals surface area contributed by atoms with E-state index in [1.54, 1.807) is 14.2 Å². The Bertz CT molecular complexity index is 839. The lowest BCUT2D eigenvalue weighted by Gasteiger charge is -2.53. The molecule has 1 aromatic carbocycles. The Labute approximate surface area is 193 Å². The van der Waals surface area contributed by atoms with Gasteiger partial charge in [0, 0.05) is 38.3 Å². The smallest absolute Gasteiger partial charge is 0.222 e. The third-order valence-corrected chi connectivity index (χ3v) is 8.46. The molecule has 32 heavy (non-hydrogen) atoms. The van der Waals surface area contributed by atoms with Crippen LogP contribution in [0.5, 0.6) is 5.75 Å². The van der Waals surface area contributed by atoms with Crippen molar-refractivity contribution in [2.75, 3.05) is 41.5 Å². The molecule has 3 aliphatic rings. The van der Waals surface area contributed by atoms with E-state index in [4.69, 9.17) is 14.2 Å². The van der Waals surface area contributed by atoms with Crippen molar-refractivity contribution in [1.29, 1.82) is 0 Å². The Hall–Kier alpha value is -1.63. The molecular formula is C26H40N2O4. The third kappa shape index (κ3) is 3.95. The first kappa shape index (κ1) is 23.5. The number of ether oxygens (including phenoxy) is 3. The number of carbonyl (C=O) groups is 1. The van der Waals surface area contributed by atoms with E-state index < -0.39 is 0 Å². The monoisotopic (exact) mass is 444 g/mol. The molecule has 0 unspecified atom stereocenters. The van der Waals surface area contributed by atoms with E-state index in [1.165, 1.54) is 17.5 Å². The molecule has 1 spiro atoms. The normalized spacial score (nSPS) is 32.7. The van der Waals surface area contributed by atoms with Gasteiger partial charge in [0.1, 0.15) is 5.75 Å². The minimum atomic E-state index is 0.0649. The average molecular weight is 445 g/mol. The van der Waals surface area contributed by atoms with Gasteiger partial charge in [-0.05, 0) is 73.7 Å². The summed E-state index contributed by atoms with van der Waals surface area (Å²) in [5.41, 5.74) is 2.62. The van der Waals surface area contributed by atoms with E-state index >= 15 is 0 Å². The number of fused-ring (bicyclic) bond motifs is 1. The maximum atomic E-state index is 12.7. The molecule has 2 aliphatic carbocycles. The summed E-state index contributed by atoms with van der Waals surface area (Å²) < 4.78 is 17.2. The molecule has 1 N–H and O–H groups in total. The highest BCUT2D eigenvalue weighted by molar-refractivity contribution is 5.76. The van der Waals surface area contributed by atoms with Crippen molar-refractivity contribution in [2.24, 2.45) is 22.7 Å². The molecule has 0 aromatic heterocycles. The molecule has 1 amide bonds. The molecule has 178 valence electrons. The van der Waals surface area contributed by atoms with Gasteiger partial charge >= 0.3 is 0 Å². The number of amides is 1. The molecular weight excluding hydrogens is 404 g/mol. The van der Waals surface area contributed by atoms with E-state index in [9.17, 15) is 4.79 Å². The fourth-order valence-corrected chi connectivity index (χ4v) is 6.98. The third-order valence-electron chi connectivity index (χ3n) is 8.46. The zero-order valence-corrected chi connectivity index (χ0v) is 20.6. The van der Waals surface area contributed by atoms with Crippen molar-refractivity contribution in [2.45, 2.75) is 58.2 Å². The van der Waals surface area contributed by atoms with E-state index in [1.807, 2.05) is 0 Å². The number of nitrogens with one attached hydrogen (secondary N) is 1. The van der Waals surface area contributed by atoms with Crippen LogP contribution in [0.25, 0.3) is 0 Å². The van der Waals surface area contributed by atoms with Crippen molar-refractivity contribution in [3.05, 3.63) is 29.3 Å². The van der Waals surface area contributed by atoms with Gasteiger partial charge in [-0.2, -0.15) is 0 Å². The van der Waals surface area contributed by atoms with Crippen molar-refractivity contribution in [3.63, 3.8) is 0 Å². The second kappa shape index (κ2) is 8.96. The molecule has 6 heteroatoms. The topological polar surface area (TPSA) is 60.0 Å². The van der Waals surface area contributed by atoms with Gasteiger partial charge in [0.25, 0.3) is 0 Å². The minimum absolute atomic E-state index is 0.0649. The predicted molar refractivity (Wildman–Crippen MR) is 125 cm³/mol. The van der Waals surface area contributed by atoms with E-state index in [0.717, 1.165) is 31.7 Å². The highest BCUT2D eigenvalue weighted by Gasteiger charge is 2.68. The van der Waals surface area contributed by atoms with Crippen molar-refractivity contribution >= 4 is 5.91 Å². The fourth-order valence-electron chi connectivity index (χ4n) is 6.98. The molecule has 1 aliphatic heterocycles. The number of benzene rings is 1. The van der Waals surface area contributed by atoms with E-state index in [-0.39, 0.29) is 28.9 Å². The molecule has 6 nitrogen and oxygen atoms in total. The summed E-state index contributed by atoms with van der Waals surface area (Å²) in [5, 5.41) is 3.45. The quantitative estimate of drug-likeness (QED) is 0.661. The maximum Gasteiger partial charge on any atom is 0.222 e. The first-order valence-corrected chi connectivity index (χ1v) is 11.9. The van der Waals surface area contributed by atoms with Gasteiger partial charge in [-0.3, -0.25) is 4.79 Å². The highest BCUT2D eigenvalue weighted by Crippen LogP contribution is 2.70. The summed E-state index contributed by atoms with van der Waals surface area (Å²) in [6.45, 7) is 6.72. The summed E-state index contributed by atoms with van der Waals surface area (Å²) >= 11 is 0. The molecule has 4 rings (SSSR count). The van der Waals surface area contributed by atoms with Crippen LogP contribution >= 0.6 is 0 Å². The Balaban J connectivity index is 1.63. The van der Waals surface area contributed by atoms with Gasteiger partial charge in [0.05, 0.1) is 19.8 Å². The van der Waals surface area contributed by atoms with Crippen LogP contribution in [0, 0.1) is 22.7 Å². The first-order chi connectivity index (χ1) is 15.2. The van der Waals surface area contributed by atoms with Crippen molar-refractivity contribution in [3.8, 4) is 5.75 Å². The Morgan fingerprint density at radius 1 is 1.28 bits per heavy atom. The standard InChI is InChI=1S/C26H40N2O4/c1-25(2)19-14-20-23(17-7-8-21(31-6)18(13-17)16-28(3)4)32-12-10-26(20,15-19)24(25)27-22(29)9-11-30-5/h7-8,13,19-20,23-24H,9-12,14-16H2,1-6H3,(H,27,29)/t19-,20-,23-,24-,26-/m1/s1. The second-order valence-corrected chi connectivity index (χ2v) is 10.9. The van der Waals surface area contributed by atoms with E-state index in [0.29, 0.717) is 24.9 Å². The molecule has 0 radical (unpaired) electrons. The first-order valence-electron chi connectivity index (χ1n) is 11.9.